The Kier molecular flexibility index (Phi) is 4.66. The molecule has 0 spiro atoms. The van der Waals surface area contributed by atoms with Crippen LogP contribution in [0.25, 0.3) is 22.4 Å². The molecule has 1 heterocycles. The number of pyridine rings is 1. The van der Waals surface area contributed by atoms with E-state index in [4.69, 9.17) is 4.98 Å². The molecule has 1 aromatic heterocycles. The molecule has 0 atom stereocenters. The fraction of sp³-hybridized carbons (Fsp3) is 0.250. The summed E-state index contributed by atoms with van der Waals surface area (Å²) in [6.07, 6.45) is 0. The summed E-state index contributed by atoms with van der Waals surface area (Å²) >= 11 is 0. The van der Waals surface area contributed by atoms with Crippen molar-refractivity contribution in [2.75, 3.05) is 0 Å². The fourth-order valence-electron chi connectivity index (χ4n) is 4.07. The Morgan fingerprint density at radius 1 is 0.692 bits per heavy atom. The van der Waals surface area contributed by atoms with Crippen LogP contribution in [0.1, 0.15) is 39.1 Å². The summed E-state index contributed by atoms with van der Waals surface area (Å²) in [5.41, 5.74) is 11.7. The number of hydrogen-bond acceptors (Lipinski definition) is 2. The van der Waals surface area contributed by atoms with Gasteiger partial charge in [0.15, 0.2) is 0 Å². The molecule has 130 valence electrons. The fourth-order valence-corrected chi connectivity index (χ4v) is 4.07. The summed E-state index contributed by atoms with van der Waals surface area (Å²) in [5.74, 6) is 0. The maximum atomic E-state index is 9.76. The van der Waals surface area contributed by atoms with Gasteiger partial charge in [0.25, 0.3) is 0 Å². The van der Waals surface area contributed by atoms with E-state index in [9.17, 15) is 5.26 Å². The van der Waals surface area contributed by atoms with Crippen LogP contribution in [-0.4, -0.2) is 4.98 Å². The van der Waals surface area contributed by atoms with Crippen molar-refractivity contribution in [2.45, 2.75) is 41.5 Å². The van der Waals surface area contributed by atoms with Crippen LogP contribution in [0, 0.1) is 52.9 Å². The molecule has 0 bridgehead atoms. The van der Waals surface area contributed by atoms with Gasteiger partial charge >= 0.3 is 0 Å². The van der Waals surface area contributed by atoms with Crippen molar-refractivity contribution in [3.8, 4) is 28.5 Å². The quantitative estimate of drug-likeness (QED) is 0.562. The predicted molar refractivity (Wildman–Crippen MR) is 108 cm³/mol. The van der Waals surface area contributed by atoms with Crippen LogP contribution in [-0.2, 0) is 0 Å². The Balaban J connectivity index is 2.22. The number of rotatable bonds is 2. The smallest absolute Gasteiger partial charge is 0.149 e. The van der Waals surface area contributed by atoms with E-state index in [1.165, 1.54) is 33.4 Å². The van der Waals surface area contributed by atoms with Gasteiger partial charge in [0.05, 0.1) is 5.69 Å². The van der Waals surface area contributed by atoms with Crippen LogP contribution in [0.15, 0.2) is 36.4 Å². The van der Waals surface area contributed by atoms with E-state index in [-0.39, 0.29) is 0 Å². The summed E-state index contributed by atoms with van der Waals surface area (Å²) in [5, 5.41) is 9.76. The topological polar surface area (TPSA) is 36.7 Å². The first-order valence-corrected chi connectivity index (χ1v) is 8.89. The summed E-state index contributed by atoms with van der Waals surface area (Å²) in [7, 11) is 0. The van der Waals surface area contributed by atoms with Crippen molar-refractivity contribution in [2.24, 2.45) is 0 Å². The molecule has 0 aliphatic heterocycles. The minimum Gasteiger partial charge on any atom is -0.236 e. The van der Waals surface area contributed by atoms with E-state index < -0.39 is 0 Å². The summed E-state index contributed by atoms with van der Waals surface area (Å²) in [6.45, 7) is 12.6. The second-order valence-electron chi connectivity index (χ2n) is 7.25. The minimum absolute atomic E-state index is 0.483. The highest BCUT2D eigenvalue weighted by Crippen LogP contribution is 2.33. The Morgan fingerprint density at radius 3 is 1.62 bits per heavy atom. The van der Waals surface area contributed by atoms with Crippen LogP contribution < -0.4 is 0 Å². The van der Waals surface area contributed by atoms with Gasteiger partial charge in [0, 0.05) is 11.1 Å². The normalized spacial score (nSPS) is 10.7. The molecule has 0 N–H and O–H groups in total. The molecular weight excluding hydrogens is 316 g/mol. The van der Waals surface area contributed by atoms with Gasteiger partial charge in [-0.2, -0.15) is 5.26 Å². The zero-order chi connectivity index (χ0) is 19.0. The molecule has 0 amide bonds. The third kappa shape index (κ3) is 3.13. The first kappa shape index (κ1) is 17.9. The monoisotopic (exact) mass is 340 g/mol. The van der Waals surface area contributed by atoms with Gasteiger partial charge in [0.1, 0.15) is 11.8 Å². The number of aromatic nitrogens is 1. The summed E-state index contributed by atoms with van der Waals surface area (Å²) in [6, 6.07) is 15.0. The van der Waals surface area contributed by atoms with Gasteiger partial charge in [0.2, 0.25) is 0 Å². The zero-order valence-corrected chi connectivity index (χ0v) is 16.4. The Labute approximate surface area is 156 Å². The first-order valence-electron chi connectivity index (χ1n) is 8.89. The zero-order valence-electron chi connectivity index (χ0n) is 16.4. The molecule has 0 aliphatic rings. The third-order valence-electron chi connectivity index (χ3n) is 4.88. The third-order valence-corrected chi connectivity index (χ3v) is 4.88. The lowest BCUT2D eigenvalue weighted by Gasteiger charge is -2.15. The average molecular weight is 340 g/mol. The first-order chi connectivity index (χ1) is 12.3. The van der Waals surface area contributed by atoms with Crippen LogP contribution in [0.3, 0.4) is 0 Å². The molecule has 2 heteroatoms. The average Bonchev–Trinajstić information content (AvgIpc) is 2.53. The van der Waals surface area contributed by atoms with Gasteiger partial charge in [-0.05, 0) is 81.5 Å². The molecule has 2 nitrogen and oxygen atoms in total. The van der Waals surface area contributed by atoms with Gasteiger partial charge in [-0.15, -0.1) is 0 Å². The highest BCUT2D eigenvalue weighted by molar-refractivity contribution is 5.78. The SMILES string of the molecule is Cc1cc(C)c(-c2ccc(-c3c(C)cc(C)cc3C)c(C#N)n2)c(C)c1. The summed E-state index contributed by atoms with van der Waals surface area (Å²) < 4.78 is 0. The van der Waals surface area contributed by atoms with Crippen LogP contribution in [0.4, 0.5) is 0 Å². The van der Waals surface area contributed by atoms with E-state index in [2.05, 4.69) is 71.9 Å². The van der Waals surface area contributed by atoms with Crippen LogP contribution in [0.2, 0.25) is 0 Å². The maximum Gasteiger partial charge on any atom is 0.149 e. The molecular formula is C24H24N2. The maximum absolute atomic E-state index is 9.76. The molecule has 0 radical (unpaired) electrons. The number of benzene rings is 2. The standard InChI is InChI=1S/C24H24N2/c1-14-9-16(3)23(17(4)10-14)20-7-8-21(26-22(20)13-25)24-18(5)11-15(2)12-19(24)6/h7-12H,1-6H3. The molecule has 3 aromatic rings. The molecule has 0 saturated heterocycles. The van der Waals surface area contributed by atoms with Crippen molar-refractivity contribution in [1.29, 1.82) is 5.26 Å². The van der Waals surface area contributed by atoms with Crippen LogP contribution in [0.5, 0.6) is 0 Å². The second kappa shape index (κ2) is 6.77. The molecule has 0 saturated carbocycles. The Morgan fingerprint density at radius 2 is 1.15 bits per heavy atom. The van der Waals surface area contributed by atoms with E-state index in [1.54, 1.807) is 0 Å². The lowest BCUT2D eigenvalue weighted by atomic mass is 9.91. The lowest BCUT2D eigenvalue weighted by molar-refractivity contribution is 1.22. The Hall–Kier alpha value is -2.92. The predicted octanol–water partition coefficient (Wildman–Crippen LogP) is 6.14. The second-order valence-corrected chi connectivity index (χ2v) is 7.25. The highest BCUT2D eigenvalue weighted by Gasteiger charge is 2.15. The number of aryl methyl sites for hydroxylation is 6. The largest absolute Gasteiger partial charge is 0.236 e. The molecule has 0 fully saturated rings. The lowest BCUT2D eigenvalue weighted by Crippen LogP contribution is -1.98. The molecule has 3 rings (SSSR count). The van der Waals surface area contributed by atoms with E-state index in [1.807, 2.05) is 12.1 Å². The van der Waals surface area contributed by atoms with Crippen molar-refractivity contribution in [3.05, 3.63) is 75.5 Å². The Bertz CT molecular complexity index is 1010. The van der Waals surface area contributed by atoms with Gasteiger partial charge in [-0.1, -0.05) is 35.4 Å². The van der Waals surface area contributed by atoms with Crippen LogP contribution >= 0.6 is 0 Å². The van der Waals surface area contributed by atoms with Gasteiger partial charge < -0.3 is 0 Å². The van der Waals surface area contributed by atoms with Crippen molar-refractivity contribution >= 4 is 0 Å². The van der Waals surface area contributed by atoms with E-state index in [0.29, 0.717) is 5.69 Å². The van der Waals surface area contributed by atoms with Gasteiger partial charge in [-0.3, -0.25) is 0 Å². The van der Waals surface area contributed by atoms with Crippen molar-refractivity contribution in [3.63, 3.8) is 0 Å². The van der Waals surface area contributed by atoms with Gasteiger partial charge in [-0.25, -0.2) is 4.98 Å². The molecule has 0 unspecified atom stereocenters. The molecule has 26 heavy (non-hydrogen) atoms. The molecule has 0 aliphatic carbocycles. The van der Waals surface area contributed by atoms with E-state index in [0.717, 1.165) is 22.4 Å². The number of hydrogen-bond donors (Lipinski definition) is 0. The highest BCUT2D eigenvalue weighted by atomic mass is 14.7. The number of nitriles is 1. The molecule has 2 aromatic carbocycles. The summed E-state index contributed by atoms with van der Waals surface area (Å²) in [4.78, 5) is 4.73. The minimum atomic E-state index is 0.483. The van der Waals surface area contributed by atoms with E-state index >= 15 is 0 Å². The van der Waals surface area contributed by atoms with Crippen molar-refractivity contribution < 1.29 is 0 Å². The van der Waals surface area contributed by atoms with Crippen molar-refractivity contribution in [1.82, 2.24) is 4.98 Å². The number of nitrogens with zero attached hydrogens (tertiary/aromatic N) is 2.